The van der Waals surface area contributed by atoms with Crippen LogP contribution in [-0.2, 0) is 0 Å². The average molecular weight is 451 g/mol. The number of hydrogen-bond donors (Lipinski definition) is 2. The molecule has 0 atom stereocenters. The standard InChI is InChI=1S/C20H23BrN2O3S/c1-4-25-16-8-6-15(7-9-16)22-20(27)23-19(24)14-5-10-18(17(21)11-14)26-12-13(2)3/h5-11,13H,4,12H2,1-3H3,(H2,22,23,24,27). The van der Waals surface area contributed by atoms with E-state index in [0.717, 1.165) is 15.9 Å². The molecule has 0 aliphatic carbocycles. The van der Waals surface area contributed by atoms with Gasteiger partial charge in [0.15, 0.2) is 5.11 Å². The zero-order chi connectivity index (χ0) is 19.8. The van der Waals surface area contributed by atoms with Gasteiger partial charge >= 0.3 is 0 Å². The number of carbonyl (C=O) groups excluding carboxylic acids is 1. The van der Waals surface area contributed by atoms with E-state index >= 15 is 0 Å². The molecule has 0 radical (unpaired) electrons. The highest BCUT2D eigenvalue weighted by Gasteiger charge is 2.11. The number of ether oxygens (including phenoxy) is 2. The van der Waals surface area contributed by atoms with E-state index in [9.17, 15) is 4.79 Å². The van der Waals surface area contributed by atoms with Crippen LogP contribution in [0.5, 0.6) is 11.5 Å². The van der Waals surface area contributed by atoms with Gasteiger partial charge in [-0.3, -0.25) is 10.1 Å². The van der Waals surface area contributed by atoms with Crippen LogP contribution in [0.15, 0.2) is 46.9 Å². The van der Waals surface area contributed by atoms with E-state index < -0.39 is 0 Å². The number of rotatable bonds is 7. The molecule has 0 aromatic heterocycles. The normalized spacial score (nSPS) is 10.4. The number of benzene rings is 2. The summed E-state index contributed by atoms with van der Waals surface area (Å²) in [6, 6.07) is 12.5. The van der Waals surface area contributed by atoms with Crippen molar-refractivity contribution in [3.63, 3.8) is 0 Å². The smallest absolute Gasteiger partial charge is 0.257 e. The van der Waals surface area contributed by atoms with Gasteiger partial charge in [-0.2, -0.15) is 0 Å². The molecule has 0 spiro atoms. The van der Waals surface area contributed by atoms with Crippen LogP contribution in [0.4, 0.5) is 5.69 Å². The number of carbonyl (C=O) groups is 1. The minimum atomic E-state index is -0.297. The summed E-state index contributed by atoms with van der Waals surface area (Å²) in [7, 11) is 0. The Balaban J connectivity index is 1.93. The van der Waals surface area contributed by atoms with E-state index in [4.69, 9.17) is 21.7 Å². The molecule has 2 aromatic rings. The molecule has 0 bridgehead atoms. The van der Waals surface area contributed by atoms with Gasteiger partial charge in [0, 0.05) is 11.3 Å². The highest BCUT2D eigenvalue weighted by Crippen LogP contribution is 2.26. The van der Waals surface area contributed by atoms with E-state index in [1.165, 1.54) is 0 Å². The molecule has 5 nitrogen and oxygen atoms in total. The third kappa shape index (κ3) is 6.84. The van der Waals surface area contributed by atoms with Crippen molar-refractivity contribution in [2.75, 3.05) is 18.5 Å². The van der Waals surface area contributed by atoms with Crippen LogP contribution >= 0.6 is 28.1 Å². The van der Waals surface area contributed by atoms with Crippen LogP contribution in [0.2, 0.25) is 0 Å². The van der Waals surface area contributed by atoms with Crippen molar-refractivity contribution in [1.82, 2.24) is 5.32 Å². The van der Waals surface area contributed by atoms with E-state index in [2.05, 4.69) is 40.4 Å². The molecule has 144 valence electrons. The lowest BCUT2D eigenvalue weighted by molar-refractivity contribution is 0.0977. The maximum atomic E-state index is 12.4. The third-order valence-electron chi connectivity index (χ3n) is 3.42. The van der Waals surface area contributed by atoms with Crippen molar-refractivity contribution in [2.24, 2.45) is 5.92 Å². The quantitative estimate of drug-likeness (QED) is 0.580. The number of amides is 1. The molecule has 7 heteroatoms. The number of hydrogen-bond acceptors (Lipinski definition) is 4. The first-order chi connectivity index (χ1) is 12.9. The van der Waals surface area contributed by atoms with Gasteiger partial charge in [-0.1, -0.05) is 13.8 Å². The first-order valence-corrected chi connectivity index (χ1v) is 9.86. The van der Waals surface area contributed by atoms with Gasteiger partial charge < -0.3 is 14.8 Å². The van der Waals surface area contributed by atoms with Gasteiger partial charge in [0.05, 0.1) is 17.7 Å². The summed E-state index contributed by atoms with van der Waals surface area (Å²) in [5.41, 5.74) is 1.25. The highest BCUT2D eigenvalue weighted by molar-refractivity contribution is 9.10. The number of anilines is 1. The number of thiocarbonyl (C=S) groups is 1. The molecule has 0 fully saturated rings. The van der Waals surface area contributed by atoms with Crippen molar-refractivity contribution in [3.05, 3.63) is 52.5 Å². The fourth-order valence-electron chi connectivity index (χ4n) is 2.15. The van der Waals surface area contributed by atoms with Crippen molar-refractivity contribution in [1.29, 1.82) is 0 Å². The van der Waals surface area contributed by atoms with Crippen molar-refractivity contribution in [2.45, 2.75) is 20.8 Å². The van der Waals surface area contributed by atoms with E-state index in [-0.39, 0.29) is 11.0 Å². The Morgan fingerprint density at radius 2 is 1.85 bits per heavy atom. The molecule has 2 N–H and O–H groups in total. The molecule has 0 aliphatic rings. The van der Waals surface area contributed by atoms with E-state index in [0.29, 0.717) is 30.4 Å². The molecule has 0 aliphatic heterocycles. The molecule has 27 heavy (non-hydrogen) atoms. The topological polar surface area (TPSA) is 59.6 Å². The van der Waals surface area contributed by atoms with Crippen LogP contribution in [-0.4, -0.2) is 24.2 Å². The van der Waals surface area contributed by atoms with E-state index in [1.807, 2.05) is 31.2 Å². The van der Waals surface area contributed by atoms with Gasteiger partial charge in [-0.15, -0.1) is 0 Å². The molecule has 0 saturated carbocycles. The summed E-state index contributed by atoms with van der Waals surface area (Å²) >= 11 is 8.65. The van der Waals surface area contributed by atoms with Crippen molar-refractivity contribution >= 4 is 44.9 Å². The molecule has 0 heterocycles. The predicted molar refractivity (Wildman–Crippen MR) is 116 cm³/mol. The summed E-state index contributed by atoms with van der Waals surface area (Å²) in [6.07, 6.45) is 0. The van der Waals surface area contributed by atoms with E-state index in [1.54, 1.807) is 18.2 Å². The van der Waals surface area contributed by atoms with Crippen LogP contribution in [0.25, 0.3) is 0 Å². The zero-order valence-corrected chi connectivity index (χ0v) is 17.9. The predicted octanol–water partition coefficient (Wildman–Crippen LogP) is 5.01. The Labute approximate surface area is 173 Å². The molecule has 2 rings (SSSR count). The summed E-state index contributed by atoms with van der Waals surface area (Å²) in [4.78, 5) is 12.4. The third-order valence-corrected chi connectivity index (χ3v) is 4.24. The summed E-state index contributed by atoms with van der Waals surface area (Å²) in [6.45, 7) is 7.30. The lowest BCUT2D eigenvalue weighted by Gasteiger charge is -2.13. The second-order valence-corrected chi connectivity index (χ2v) is 7.48. The fourth-order valence-corrected chi connectivity index (χ4v) is 2.86. The van der Waals surface area contributed by atoms with Gasteiger partial charge in [0.25, 0.3) is 5.91 Å². The minimum Gasteiger partial charge on any atom is -0.494 e. The molecule has 0 unspecified atom stereocenters. The molecule has 1 amide bonds. The first-order valence-electron chi connectivity index (χ1n) is 8.66. The summed E-state index contributed by atoms with van der Waals surface area (Å²) in [5.74, 6) is 1.61. The Morgan fingerprint density at radius 1 is 1.15 bits per heavy atom. The summed E-state index contributed by atoms with van der Waals surface area (Å²) in [5, 5.41) is 5.87. The van der Waals surface area contributed by atoms with Gasteiger partial charge in [0.1, 0.15) is 11.5 Å². The van der Waals surface area contributed by atoms with Gasteiger partial charge in [0.2, 0.25) is 0 Å². The lowest BCUT2D eigenvalue weighted by Crippen LogP contribution is -2.34. The zero-order valence-electron chi connectivity index (χ0n) is 15.5. The van der Waals surface area contributed by atoms with Crippen LogP contribution in [0.1, 0.15) is 31.1 Å². The maximum absolute atomic E-state index is 12.4. The Kier molecular flexibility index (Phi) is 8.06. The number of nitrogens with one attached hydrogen (secondary N) is 2. The molecular weight excluding hydrogens is 428 g/mol. The maximum Gasteiger partial charge on any atom is 0.257 e. The fraction of sp³-hybridized carbons (Fsp3) is 0.300. The average Bonchev–Trinajstić information content (AvgIpc) is 2.62. The van der Waals surface area contributed by atoms with Crippen LogP contribution < -0.4 is 20.1 Å². The molecule has 0 saturated heterocycles. The Bertz CT molecular complexity index is 794. The van der Waals surface area contributed by atoms with Crippen LogP contribution in [0, 0.1) is 5.92 Å². The summed E-state index contributed by atoms with van der Waals surface area (Å²) < 4.78 is 11.8. The highest BCUT2D eigenvalue weighted by atomic mass is 79.9. The Hall–Kier alpha value is -2.12. The molecule has 2 aromatic carbocycles. The van der Waals surface area contributed by atoms with Crippen molar-refractivity contribution < 1.29 is 14.3 Å². The second-order valence-electron chi connectivity index (χ2n) is 6.22. The lowest BCUT2D eigenvalue weighted by atomic mass is 10.2. The SMILES string of the molecule is CCOc1ccc(NC(=S)NC(=O)c2ccc(OCC(C)C)c(Br)c2)cc1. The molecular formula is C20H23BrN2O3S. The monoisotopic (exact) mass is 450 g/mol. The second kappa shape index (κ2) is 10.3. The van der Waals surface area contributed by atoms with Gasteiger partial charge in [-0.05, 0) is 83.5 Å². The minimum absolute atomic E-state index is 0.223. The largest absolute Gasteiger partial charge is 0.494 e. The Morgan fingerprint density at radius 3 is 2.44 bits per heavy atom. The first kappa shape index (κ1) is 21.2. The van der Waals surface area contributed by atoms with Gasteiger partial charge in [-0.25, -0.2) is 0 Å². The van der Waals surface area contributed by atoms with Crippen molar-refractivity contribution in [3.8, 4) is 11.5 Å². The van der Waals surface area contributed by atoms with Crippen LogP contribution in [0.3, 0.4) is 0 Å². The number of halogens is 1.